The number of benzene rings is 1. The summed E-state index contributed by atoms with van der Waals surface area (Å²) in [5, 5.41) is 18.2. The predicted molar refractivity (Wildman–Crippen MR) is 62.8 cm³/mol. The second-order valence-corrected chi connectivity index (χ2v) is 4.24. The molecule has 78 valence electrons. The number of nitriles is 1. The van der Waals surface area contributed by atoms with E-state index in [0.717, 1.165) is 5.56 Å². The van der Waals surface area contributed by atoms with Crippen LogP contribution >= 0.6 is 31.9 Å². The number of aliphatic carboxylic acids is 1. The number of carbonyl (C=O) groups is 1. The van der Waals surface area contributed by atoms with E-state index in [1.54, 1.807) is 12.1 Å². The number of hydrogen-bond donors (Lipinski definition) is 1. The highest BCUT2D eigenvalue weighted by Gasteiger charge is 2.12. The minimum Gasteiger partial charge on any atom is -0.481 e. The van der Waals surface area contributed by atoms with Crippen LogP contribution in [0.25, 0.3) is 0 Å². The lowest BCUT2D eigenvalue weighted by molar-refractivity contribution is -0.136. The first-order chi connectivity index (χ1) is 7.10. The molecule has 15 heavy (non-hydrogen) atoms. The smallest absolute Gasteiger partial charge is 0.307 e. The molecule has 0 radical (unpaired) electrons. The summed E-state index contributed by atoms with van der Waals surface area (Å²) in [5.74, 6) is -0.940. The summed E-state index contributed by atoms with van der Waals surface area (Å²) in [5.41, 5.74) is 1.86. The summed E-state index contributed by atoms with van der Waals surface area (Å²) in [6.07, 6.45) is -0.135. The Kier molecular flexibility index (Phi) is 4.30. The third kappa shape index (κ3) is 2.80. The van der Waals surface area contributed by atoms with E-state index in [9.17, 15) is 4.79 Å². The third-order valence-electron chi connectivity index (χ3n) is 1.91. The van der Waals surface area contributed by atoms with E-state index in [1.807, 2.05) is 6.07 Å². The maximum Gasteiger partial charge on any atom is 0.307 e. The van der Waals surface area contributed by atoms with Crippen molar-refractivity contribution in [2.24, 2.45) is 0 Å². The number of carboxylic acid groups (broad SMARTS) is 1. The number of carboxylic acids is 1. The van der Waals surface area contributed by atoms with Crippen molar-refractivity contribution in [2.45, 2.75) is 11.8 Å². The van der Waals surface area contributed by atoms with Crippen molar-refractivity contribution in [1.29, 1.82) is 5.26 Å². The average molecular weight is 333 g/mol. The predicted octanol–water partition coefficient (Wildman–Crippen LogP) is 2.84. The van der Waals surface area contributed by atoms with E-state index in [2.05, 4.69) is 31.9 Å². The van der Waals surface area contributed by atoms with Crippen molar-refractivity contribution in [1.82, 2.24) is 0 Å². The Hall–Kier alpha value is -0.860. The minimum absolute atomic E-state index is 0.135. The van der Waals surface area contributed by atoms with Gasteiger partial charge in [0.2, 0.25) is 0 Å². The van der Waals surface area contributed by atoms with Gasteiger partial charge in [0.05, 0.1) is 12.0 Å². The Labute approximate surface area is 104 Å². The maximum atomic E-state index is 10.6. The molecule has 0 aromatic heterocycles. The fourth-order valence-corrected chi connectivity index (χ4v) is 2.65. The Morgan fingerprint density at radius 2 is 2.07 bits per heavy atom. The SMILES string of the molecule is N#Cc1c(CC(=O)O)ccc(CBr)c1Br. The van der Waals surface area contributed by atoms with Gasteiger partial charge in [0.15, 0.2) is 0 Å². The van der Waals surface area contributed by atoms with Gasteiger partial charge in [-0.2, -0.15) is 5.26 Å². The van der Waals surface area contributed by atoms with Gasteiger partial charge in [-0.05, 0) is 27.1 Å². The molecular weight excluding hydrogens is 326 g/mol. The van der Waals surface area contributed by atoms with Gasteiger partial charge in [-0.15, -0.1) is 0 Å². The average Bonchev–Trinajstić information content (AvgIpc) is 2.18. The molecule has 0 aliphatic heterocycles. The van der Waals surface area contributed by atoms with Crippen LogP contribution in [0.15, 0.2) is 16.6 Å². The molecule has 5 heteroatoms. The highest BCUT2D eigenvalue weighted by molar-refractivity contribution is 9.10. The molecule has 0 bridgehead atoms. The Morgan fingerprint density at radius 3 is 2.53 bits per heavy atom. The fraction of sp³-hybridized carbons (Fsp3) is 0.200. The van der Waals surface area contributed by atoms with E-state index in [0.29, 0.717) is 20.9 Å². The topological polar surface area (TPSA) is 61.1 Å². The highest BCUT2D eigenvalue weighted by Crippen LogP contribution is 2.26. The monoisotopic (exact) mass is 331 g/mol. The fourth-order valence-electron chi connectivity index (χ4n) is 1.19. The van der Waals surface area contributed by atoms with Crippen LogP contribution in [-0.2, 0) is 16.5 Å². The highest BCUT2D eigenvalue weighted by atomic mass is 79.9. The van der Waals surface area contributed by atoms with Crippen LogP contribution in [0.3, 0.4) is 0 Å². The standard InChI is InChI=1S/C10H7Br2NO2/c11-4-7-2-1-6(3-9(14)15)8(5-13)10(7)12/h1-2H,3-4H2,(H,14,15). The Balaban J connectivity index is 3.26. The molecule has 0 aliphatic rings. The minimum atomic E-state index is -0.940. The molecule has 0 saturated carbocycles. The molecule has 0 atom stereocenters. The summed E-state index contributed by atoms with van der Waals surface area (Å²) in [4.78, 5) is 10.6. The zero-order chi connectivity index (χ0) is 11.4. The van der Waals surface area contributed by atoms with Crippen molar-refractivity contribution >= 4 is 37.8 Å². The molecule has 1 aromatic carbocycles. The number of halogens is 2. The van der Waals surface area contributed by atoms with Gasteiger partial charge in [0, 0.05) is 9.80 Å². The molecule has 0 spiro atoms. The van der Waals surface area contributed by atoms with E-state index in [4.69, 9.17) is 10.4 Å². The van der Waals surface area contributed by atoms with Gasteiger partial charge in [0.25, 0.3) is 0 Å². The van der Waals surface area contributed by atoms with Crippen molar-refractivity contribution in [3.05, 3.63) is 33.3 Å². The molecule has 0 heterocycles. The number of hydrogen-bond acceptors (Lipinski definition) is 2. The summed E-state index contributed by atoms with van der Waals surface area (Å²) < 4.78 is 0.667. The van der Waals surface area contributed by atoms with Gasteiger partial charge in [-0.25, -0.2) is 0 Å². The molecule has 1 rings (SSSR count). The molecule has 1 N–H and O–H groups in total. The number of alkyl halides is 1. The number of rotatable bonds is 3. The van der Waals surface area contributed by atoms with Gasteiger partial charge < -0.3 is 5.11 Å². The van der Waals surface area contributed by atoms with E-state index < -0.39 is 5.97 Å². The zero-order valence-electron chi connectivity index (χ0n) is 7.63. The first-order valence-corrected chi connectivity index (χ1v) is 5.99. The first-order valence-electron chi connectivity index (χ1n) is 4.08. The summed E-state index contributed by atoms with van der Waals surface area (Å²) in [6.45, 7) is 0. The molecule has 1 aromatic rings. The molecule has 0 aliphatic carbocycles. The summed E-state index contributed by atoms with van der Waals surface area (Å²) in [7, 11) is 0. The van der Waals surface area contributed by atoms with Crippen molar-refractivity contribution in [3.63, 3.8) is 0 Å². The second-order valence-electron chi connectivity index (χ2n) is 2.89. The quantitative estimate of drug-likeness (QED) is 0.866. The first kappa shape index (κ1) is 12.2. The van der Waals surface area contributed by atoms with Crippen LogP contribution in [-0.4, -0.2) is 11.1 Å². The molecule has 3 nitrogen and oxygen atoms in total. The lowest BCUT2D eigenvalue weighted by Gasteiger charge is -2.06. The number of nitrogens with zero attached hydrogens (tertiary/aromatic N) is 1. The van der Waals surface area contributed by atoms with Crippen LogP contribution < -0.4 is 0 Å². The van der Waals surface area contributed by atoms with Crippen LogP contribution in [0, 0.1) is 11.3 Å². The van der Waals surface area contributed by atoms with Crippen LogP contribution in [0.2, 0.25) is 0 Å². The lowest BCUT2D eigenvalue weighted by Crippen LogP contribution is -2.03. The second kappa shape index (κ2) is 5.29. The molecular formula is C10H7Br2NO2. The molecule has 0 unspecified atom stereocenters. The molecule has 0 saturated heterocycles. The molecule has 0 fully saturated rings. The van der Waals surface area contributed by atoms with Gasteiger partial charge in [-0.1, -0.05) is 28.1 Å². The lowest BCUT2D eigenvalue weighted by atomic mass is 10.0. The normalized spacial score (nSPS) is 9.67. The molecule has 0 amide bonds. The summed E-state index contributed by atoms with van der Waals surface area (Å²) in [6, 6.07) is 5.49. The van der Waals surface area contributed by atoms with Crippen molar-refractivity contribution in [2.75, 3.05) is 0 Å². The summed E-state index contributed by atoms with van der Waals surface area (Å²) >= 11 is 6.59. The van der Waals surface area contributed by atoms with Crippen LogP contribution in [0.1, 0.15) is 16.7 Å². The van der Waals surface area contributed by atoms with Crippen molar-refractivity contribution < 1.29 is 9.90 Å². The Morgan fingerprint density at radius 1 is 1.47 bits per heavy atom. The van der Waals surface area contributed by atoms with Crippen LogP contribution in [0.4, 0.5) is 0 Å². The van der Waals surface area contributed by atoms with E-state index in [-0.39, 0.29) is 6.42 Å². The van der Waals surface area contributed by atoms with Crippen molar-refractivity contribution in [3.8, 4) is 6.07 Å². The van der Waals surface area contributed by atoms with Gasteiger partial charge >= 0.3 is 5.97 Å². The van der Waals surface area contributed by atoms with E-state index in [1.165, 1.54) is 0 Å². The van der Waals surface area contributed by atoms with Crippen LogP contribution in [0.5, 0.6) is 0 Å². The third-order valence-corrected chi connectivity index (χ3v) is 3.42. The van der Waals surface area contributed by atoms with Gasteiger partial charge in [-0.3, -0.25) is 4.79 Å². The van der Waals surface area contributed by atoms with Gasteiger partial charge in [0.1, 0.15) is 6.07 Å². The Bertz CT molecular complexity index is 438. The zero-order valence-corrected chi connectivity index (χ0v) is 10.8. The maximum absolute atomic E-state index is 10.6. The van der Waals surface area contributed by atoms with E-state index >= 15 is 0 Å². The largest absolute Gasteiger partial charge is 0.481 e.